The number of hydrogen-bond acceptors (Lipinski definition) is 5. The van der Waals surface area contributed by atoms with Crippen molar-refractivity contribution in [3.05, 3.63) is 0 Å². The van der Waals surface area contributed by atoms with Gasteiger partial charge >= 0.3 is 0 Å². The maximum atomic E-state index is 11.7. The zero-order valence-corrected chi connectivity index (χ0v) is 8.75. The van der Waals surface area contributed by atoms with Crippen LogP contribution in [-0.4, -0.2) is 29.4 Å². The van der Waals surface area contributed by atoms with E-state index in [1.54, 1.807) is 11.8 Å². The van der Waals surface area contributed by atoms with Crippen molar-refractivity contribution in [2.75, 3.05) is 5.75 Å². The standard InChI is InChI=1S/C8H14N4OS/c1-4-3-14-8-6(4)7(13)11-5(12-8)2-10-9/h2,4-6,8,12H,3,9H2,1H3,(H,11,13)/b10-2+. The van der Waals surface area contributed by atoms with Gasteiger partial charge in [0, 0.05) is 0 Å². The highest BCUT2D eigenvalue weighted by atomic mass is 32.2. The van der Waals surface area contributed by atoms with Crippen LogP contribution in [0.4, 0.5) is 0 Å². The predicted molar refractivity (Wildman–Crippen MR) is 56.6 cm³/mol. The van der Waals surface area contributed by atoms with Gasteiger partial charge in [0.25, 0.3) is 0 Å². The summed E-state index contributed by atoms with van der Waals surface area (Å²) >= 11 is 1.79. The minimum absolute atomic E-state index is 0.0856. The lowest BCUT2D eigenvalue weighted by molar-refractivity contribution is -0.128. The fraction of sp³-hybridized carbons (Fsp3) is 0.750. The Morgan fingerprint density at radius 1 is 1.71 bits per heavy atom. The number of thioether (sulfide) groups is 1. The maximum Gasteiger partial charge on any atom is 0.227 e. The molecular formula is C8H14N4OS. The number of fused-ring (bicyclic) bond motifs is 1. The van der Waals surface area contributed by atoms with E-state index in [0.717, 1.165) is 5.75 Å². The molecule has 1 amide bonds. The Morgan fingerprint density at radius 3 is 3.21 bits per heavy atom. The maximum absolute atomic E-state index is 11.7. The lowest BCUT2D eigenvalue weighted by Gasteiger charge is -2.32. The summed E-state index contributed by atoms with van der Waals surface area (Å²) in [4.78, 5) is 11.7. The monoisotopic (exact) mass is 214 g/mol. The summed E-state index contributed by atoms with van der Waals surface area (Å²) in [6, 6.07) is 0. The number of carbonyl (C=O) groups excluding carboxylic acids is 1. The number of hydrazone groups is 1. The van der Waals surface area contributed by atoms with E-state index in [0.29, 0.717) is 5.92 Å². The van der Waals surface area contributed by atoms with Crippen LogP contribution in [-0.2, 0) is 4.79 Å². The highest BCUT2D eigenvalue weighted by molar-refractivity contribution is 8.00. The van der Waals surface area contributed by atoms with Gasteiger partial charge in [0.05, 0.1) is 17.5 Å². The Bertz CT molecular complexity index is 270. The van der Waals surface area contributed by atoms with Gasteiger partial charge in [0.15, 0.2) is 0 Å². The molecule has 0 radical (unpaired) electrons. The van der Waals surface area contributed by atoms with E-state index >= 15 is 0 Å². The third kappa shape index (κ3) is 1.59. The SMILES string of the molecule is CC1CSC2NC(/C=N/N)NC(=O)C12. The van der Waals surface area contributed by atoms with Crippen molar-refractivity contribution < 1.29 is 4.79 Å². The molecule has 2 fully saturated rings. The normalized spacial score (nSPS) is 42.5. The highest BCUT2D eigenvalue weighted by Gasteiger charge is 2.43. The summed E-state index contributed by atoms with van der Waals surface area (Å²) in [7, 11) is 0. The zero-order chi connectivity index (χ0) is 10.1. The second-order valence-corrected chi connectivity index (χ2v) is 4.88. The van der Waals surface area contributed by atoms with Crippen LogP contribution in [0.1, 0.15) is 6.92 Å². The summed E-state index contributed by atoms with van der Waals surface area (Å²) in [5.74, 6) is 6.70. The molecule has 2 heterocycles. The van der Waals surface area contributed by atoms with Crippen molar-refractivity contribution in [3.63, 3.8) is 0 Å². The Hall–Kier alpha value is -0.750. The second kappa shape index (κ2) is 3.78. The zero-order valence-electron chi connectivity index (χ0n) is 7.93. The van der Waals surface area contributed by atoms with Crippen LogP contribution in [0.15, 0.2) is 5.10 Å². The van der Waals surface area contributed by atoms with Crippen LogP contribution < -0.4 is 16.5 Å². The number of carbonyl (C=O) groups is 1. The second-order valence-electron chi connectivity index (χ2n) is 3.71. The van der Waals surface area contributed by atoms with Gasteiger partial charge in [-0.2, -0.15) is 5.10 Å². The first-order chi connectivity index (χ1) is 6.72. The average Bonchev–Trinajstić information content (AvgIpc) is 2.48. The molecule has 0 aromatic heterocycles. The van der Waals surface area contributed by atoms with Crippen molar-refractivity contribution in [2.45, 2.75) is 18.5 Å². The molecule has 5 nitrogen and oxygen atoms in total. The van der Waals surface area contributed by atoms with Gasteiger partial charge in [-0.3, -0.25) is 10.1 Å². The summed E-state index contributed by atoms with van der Waals surface area (Å²) < 4.78 is 0. The first-order valence-electron chi connectivity index (χ1n) is 4.64. The first kappa shape index (κ1) is 9.79. The molecule has 2 saturated heterocycles. The number of nitrogens with one attached hydrogen (secondary N) is 2. The topological polar surface area (TPSA) is 79.5 Å². The van der Waals surface area contributed by atoms with Gasteiger partial charge in [-0.25, -0.2) is 0 Å². The molecule has 2 aliphatic heterocycles. The number of rotatable bonds is 1. The van der Waals surface area contributed by atoms with E-state index in [1.807, 2.05) is 0 Å². The Kier molecular flexibility index (Phi) is 2.64. The quantitative estimate of drug-likeness (QED) is 0.306. The smallest absolute Gasteiger partial charge is 0.227 e. The van der Waals surface area contributed by atoms with Gasteiger partial charge in [-0.15, -0.1) is 11.8 Å². The molecule has 0 aromatic carbocycles. The largest absolute Gasteiger partial charge is 0.335 e. The van der Waals surface area contributed by atoms with Crippen LogP contribution in [0.5, 0.6) is 0 Å². The average molecular weight is 214 g/mol. The molecule has 4 unspecified atom stereocenters. The third-order valence-corrected chi connectivity index (χ3v) is 4.16. The summed E-state index contributed by atoms with van der Waals surface area (Å²) in [6.07, 6.45) is 1.30. The molecule has 0 bridgehead atoms. The van der Waals surface area contributed by atoms with E-state index in [-0.39, 0.29) is 23.4 Å². The molecular weight excluding hydrogens is 200 g/mol. The fourth-order valence-electron chi connectivity index (χ4n) is 1.94. The fourth-order valence-corrected chi connectivity index (χ4v) is 3.50. The van der Waals surface area contributed by atoms with E-state index in [4.69, 9.17) is 5.84 Å². The van der Waals surface area contributed by atoms with Gasteiger partial charge < -0.3 is 11.2 Å². The van der Waals surface area contributed by atoms with Crippen LogP contribution >= 0.6 is 11.8 Å². The van der Waals surface area contributed by atoms with Gasteiger partial charge in [0.2, 0.25) is 5.91 Å². The van der Waals surface area contributed by atoms with Crippen LogP contribution in [0.25, 0.3) is 0 Å². The lowest BCUT2D eigenvalue weighted by Crippen LogP contribution is -2.60. The molecule has 0 spiro atoms. The molecule has 2 rings (SSSR count). The Morgan fingerprint density at radius 2 is 2.50 bits per heavy atom. The molecule has 4 N–H and O–H groups in total. The van der Waals surface area contributed by atoms with Crippen molar-refractivity contribution in [1.82, 2.24) is 10.6 Å². The lowest BCUT2D eigenvalue weighted by atomic mass is 9.93. The minimum Gasteiger partial charge on any atom is -0.335 e. The molecule has 6 heteroatoms. The molecule has 0 aromatic rings. The highest BCUT2D eigenvalue weighted by Crippen LogP contribution is 2.36. The Balaban J connectivity index is 2.09. The summed E-state index contributed by atoms with van der Waals surface area (Å²) in [6.45, 7) is 2.11. The molecule has 0 aliphatic carbocycles. The molecule has 4 atom stereocenters. The van der Waals surface area contributed by atoms with Crippen LogP contribution in [0, 0.1) is 11.8 Å². The minimum atomic E-state index is -0.216. The molecule has 2 aliphatic rings. The van der Waals surface area contributed by atoms with E-state index < -0.39 is 0 Å². The number of hydrogen-bond donors (Lipinski definition) is 3. The number of nitrogens with two attached hydrogens (primary N) is 1. The number of nitrogens with zero attached hydrogens (tertiary/aromatic N) is 1. The summed E-state index contributed by atoms with van der Waals surface area (Å²) in [5.41, 5.74) is 0. The van der Waals surface area contributed by atoms with Gasteiger partial charge in [-0.05, 0) is 11.7 Å². The van der Waals surface area contributed by atoms with E-state index in [2.05, 4.69) is 22.7 Å². The van der Waals surface area contributed by atoms with E-state index in [1.165, 1.54) is 6.21 Å². The van der Waals surface area contributed by atoms with Crippen LogP contribution in [0.3, 0.4) is 0 Å². The van der Waals surface area contributed by atoms with Crippen molar-refractivity contribution in [1.29, 1.82) is 0 Å². The predicted octanol–water partition coefficient (Wildman–Crippen LogP) is -0.698. The summed E-state index contributed by atoms with van der Waals surface area (Å²) in [5, 5.41) is 9.73. The van der Waals surface area contributed by atoms with Crippen molar-refractivity contribution in [2.24, 2.45) is 22.8 Å². The van der Waals surface area contributed by atoms with Gasteiger partial charge in [-0.1, -0.05) is 6.92 Å². The van der Waals surface area contributed by atoms with Crippen molar-refractivity contribution in [3.8, 4) is 0 Å². The van der Waals surface area contributed by atoms with Crippen LogP contribution in [0.2, 0.25) is 0 Å². The van der Waals surface area contributed by atoms with Crippen molar-refractivity contribution >= 4 is 23.9 Å². The first-order valence-corrected chi connectivity index (χ1v) is 5.68. The van der Waals surface area contributed by atoms with E-state index in [9.17, 15) is 4.79 Å². The third-order valence-electron chi connectivity index (χ3n) is 2.66. The molecule has 78 valence electrons. The van der Waals surface area contributed by atoms with Gasteiger partial charge in [0.1, 0.15) is 6.17 Å². The molecule has 14 heavy (non-hydrogen) atoms. The Labute approximate surface area is 86.9 Å². The molecule has 0 saturated carbocycles. The number of amides is 1.